The Labute approximate surface area is 177 Å². The van der Waals surface area contributed by atoms with Crippen LogP contribution in [-0.2, 0) is 6.42 Å². The summed E-state index contributed by atoms with van der Waals surface area (Å²) in [5, 5.41) is 0.395. The van der Waals surface area contributed by atoms with Crippen molar-refractivity contribution in [2.75, 3.05) is 6.54 Å². The lowest BCUT2D eigenvalue weighted by molar-refractivity contribution is -0.199. The predicted molar refractivity (Wildman–Crippen MR) is 115 cm³/mol. The van der Waals surface area contributed by atoms with Gasteiger partial charge in [0.05, 0.1) is 11.6 Å². The van der Waals surface area contributed by atoms with Gasteiger partial charge in [0.2, 0.25) is 5.69 Å². The first-order valence-corrected chi connectivity index (χ1v) is 10.3. The van der Waals surface area contributed by atoms with E-state index in [1.54, 1.807) is 18.2 Å². The molecule has 0 N–H and O–H groups in total. The zero-order valence-electron chi connectivity index (χ0n) is 17.2. The molecule has 150 valence electrons. The number of amides is 1. The van der Waals surface area contributed by atoms with Gasteiger partial charge in [-0.1, -0.05) is 63.6 Å². The van der Waals surface area contributed by atoms with Gasteiger partial charge in [0.15, 0.2) is 0 Å². The molecule has 2 aliphatic rings. The fourth-order valence-corrected chi connectivity index (χ4v) is 5.91. The van der Waals surface area contributed by atoms with Crippen molar-refractivity contribution in [1.82, 2.24) is 4.90 Å². The molecule has 1 heterocycles. The normalized spacial score (nSPS) is 24.3. The minimum Gasteiger partial charge on any atom is -0.489 e. The topological polar surface area (TPSA) is 33.9 Å². The molecule has 0 unspecified atom stereocenters. The monoisotopic (exact) mass is 408 g/mol. The summed E-state index contributed by atoms with van der Waals surface area (Å²) in [5.41, 5.74) is 1.91. The first-order chi connectivity index (χ1) is 13.7. The first-order valence-electron chi connectivity index (χ1n) is 9.90. The minimum absolute atomic E-state index is 0.0684. The molecule has 29 heavy (non-hydrogen) atoms. The standard InChI is InChI=1S/C24H25ClN2O2/c1-23(2)21(27-13-12-15-8-6-7-9-17(15)20(27)28)24(3,4)22(23)29-16-10-11-19(26-5)18(25)14-16/h6-11,14,21-22H,12-13H2,1-4H3. The Bertz CT molecular complexity index is 1010. The molecule has 0 spiro atoms. The van der Waals surface area contributed by atoms with E-state index in [2.05, 4.69) is 32.5 Å². The summed E-state index contributed by atoms with van der Waals surface area (Å²) < 4.78 is 6.36. The van der Waals surface area contributed by atoms with E-state index in [9.17, 15) is 4.79 Å². The molecule has 1 fully saturated rings. The second kappa shape index (κ2) is 6.78. The van der Waals surface area contributed by atoms with Gasteiger partial charge in [-0.05, 0) is 30.2 Å². The van der Waals surface area contributed by atoms with Crippen molar-refractivity contribution in [1.29, 1.82) is 0 Å². The first kappa shape index (κ1) is 19.8. The number of ether oxygens (including phenoxy) is 1. The average molecular weight is 409 g/mol. The van der Waals surface area contributed by atoms with E-state index < -0.39 is 0 Å². The van der Waals surface area contributed by atoms with E-state index in [1.807, 2.05) is 29.2 Å². The Morgan fingerprint density at radius 1 is 1.14 bits per heavy atom. The van der Waals surface area contributed by atoms with Crippen LogP contribution < -0.4 is 4.74 Å². The number of hydrogen-bond acceptors (Lipinski definition) is 2. The molecule has 0 radical (unpaired) electrons. The number of fused-ring (bicyclic) bond motifs is 1. The fraction of sp³-hybridized carbons (Fsp3) is 0.417. The lowest BCUT2D eigenvalue weighted by Crippen LogP contribution is -2.75. The average Bonchev–Trinajstić information content (AvgIpc) is 2.68. The van der Waals surface area contributed by atoms with Crippen LogP contribution in [-0.4, -0.2) is 29.5 Å². The van der Waals surface area contributed by atoms with Gasteiger partial charge in [-0.15, -0.1) is 0 Å². The molecule has 1 aliphatic heterocycles. The summed E-state index contributed by atoms with van der Waals surface area (Å²) >= 11 is 6.19. The third kappa shape index (κ3) is 3.00. The molecule has 5 heteroatoms. The Hall–Kier alpha value is -2.51. The summed E-state index contributed by atoms with van der Waals surface area (Å²) in [5.74, 6) is 0.767. The van der Waals surface area contributed by atoms with Crippen LogP contribution >= 0.6 is 11.6 Å². The Morgan fingerprint density at radius 3 is 2.48 bits per heavy atom. The van der Waals surface area contributed by atoms with Crippen LogP contribution in [0.25, 0.3) is 4.85 Å². The number of nitrogens with zero attached hydrogens (tertiary/aromatic N) is 2. The van der Waals surface area contributed by atoms with Crippen molar-refractivity contribution in [3.05, 3.63) is 70.0 Å². The highest BCUT2D eigenvalue weighted by atomic mass is 35.5. The maximum atomic E-state index is 13.2. The highest BCUT2D eigenvalue weighted by Gasteiger charge is 2.66. The van der Waals surface area contributed by atoms with Crippen LogP contribution in [0.5, 0.6) is 5.75 Å². The van der Waals surface area contributed by atoms with Crippen molar-refractivity contribution >= 4 is 23.2 Å². The summed E-state index contributed by atoms with van der Waals surface area (Å²) in [6.07, 6.45) is 0.795. The van der Waals surface area contributed by atoms with Gasteiger partial charge in [-0.25, -0.2) is 4.85 Å². The fourth-order valence-electron chi connectivity index (χ4n) is 5.69. The predicted octanol–water partition coefficient (Wildman–Crippen LogP) is 5.77. The van der Waals surface area contributed by atoms with Crippen molar-refractivity contribution in [2.45, 2.75) is 46.3 Å². The Balaban J connectivity index is 1.60. The van der Waals surface area contributed by atoms with Crippen LogP contribution in [0.1, 0.15) is 43.6 Å². The molecule has 4 rings (SSSR count). The van der Waals surface area contributed by atoms with Gasteiger partial charge < -0.3 is 9.64 Å². The molecule has 1 aliphatic carbocycles. The molecule has 1 amide bonds. The lowest BCUT2D eigenvalue weighted by Gasteiger charge is -2.66. The van der Waals surface area contributed by atoms with Crippen molar-refractivity contribution in [3.8, 4) is 5.75 Å². The number of hydrogen-bond donors (Lipinski definition) is 0. The van der Waals surface area contributed by atoms with E-state index in [0.29, 0.717) is 16.5 Å². The van der Waals surface area contributed by atoms with Gasteiger partial charge in [0.25, 0.3) is 5.91 Å². The molecule has 0 bridgehead atoms. The van der Waals surface area contributed by atoms with Crippen molar-refractivity contribution < 1.29 is 9.53 Å². The van der Waals surface area contributed by atoms with E-state index in [1.165, 1.54) is 0 Å². The zero-order chi connectivity index (χ0) is 21.0. The second-order valence-electron chi connectivity index (χ2n) is 9.17. The van der Waals surface area contributed by atoms with Crippen LogP contribution in [0.2, 0.25) is 5.02 Å². The molecule has 2 aromatic carbocycles. The van der Waals surface area contributed by atoms with Gasteiger partial charge in [-0.2, -0.15) is 0 Å². The quantitative estimate of drug-likeness (QED) is 0.604. The smallest absolute Gasteiger partial charge is 0.254 e. The number of carbonyl (C=O) groups is 1. The molecule has 0 atom stereocenters. The number of benzene rings is 2. The van der Waals surface area contributed by atoms with Crippen LogP contribution in [0.15, 0.2) is 42.5 Å². The van der Waals surface area contributed by atoms with Crippen LogP contribution in [0, 0.1) is 17.4 Å². The molecule has 0 saturated heterocycles. The van der Waals surface area contributed by atoms with Gasteiger partial charge in [0, 0.05) is 29.0 Å². The highest BCUT2D eigenvalue weighted by Crippen LogP contribution is 2.58. The largest absolute Gasteiger partial charge is 0.489 e. The van der Waals surface area contributed by atoms with Crippen molar-refractivity contribution in [3.63, 3.8) is 0 Å². The highest BCUT2D eigenvalue weighted by molar-refractivity contribution is 6.33. The third-order valence-corrected chi connectivity index (χ3v) is 6.80. The van der Waals surface area contributed by atoms with Crippen LogP contribution in [0.3, 0.4) is 0 Å². The van der Waals surface area contributed by atoms with E-state index in [0.717, 1.165) is 24.1 Å². The summed E-state index contributed by atoms with van der Waals surface area (Å²) in [7, 11) is 0. The molecule has 1 saturated carbocycles. The van der Waals surface area contributed by atoms with Gasteiger partial charge in [-0.3, -0.25) is 4.79 Å². The summed E-state index contributed by atoms with van der Waals surface area (Å²) in [4.78, 5) is 18.7. The Morgan fingerprint density at radius 2 is 1.83 bits per heavy atom. The zero-order valence-corrected chi connectivity index (χ0v) is 18.0. The van der Waals surface area contributed by atoms with E-state index in [4.69, 9.17) is 22.9 Å². The number of halogens is 1. The number of carbonyl (C=O) groups excluding carboxylic acids is 1. The number of rotatable bonds is 3. The van der Waals surface area contributed by atoms with Gasteiger partial charge >= 0.3 is 0 Å². The molecular formula is C24H25ClN2O2. The van der Waals surface area contributed by atoms with Crippen LogP contribution in [0.4, 0.5) is 5.69 Å². The lowest BCUT2D eigenvalue weighted by atomic mass is 9.48. The summed E-state index contributed by atoms with van der Waals surface area (Å²) in [6.45, 7) is 16.5. The molecular weight excluding hydrogens is 384 g/mol. The summed E-state index contributed by atoms with van der Waals surface area (Å²) in [6, 6.07) is 13.1. The molecule has 4 nitrogen and oxygen atoms in total. The van der Waals surface area contributed by atoms with E-state index in [-0.39, 0.29) is 28.9 Å². The second-order valence-corrected chi connectivity index (χ2v) is 9.58. The minimum atomic E-state index is -0.226. The van der Waals surface area contributed by atoms with E-state index >= 15 is 0 Å². The SMILES string of the molecule is [C-]#[N+]c1ccc(OC2C(C)(C)C(N3CCc4ccccc4C3=O)C2(C)C)cc1Cl. The molecule has 0 aromatic heterocycles. The Kier molecular flexibility index (Phi) is 4.63. The molecule has 2 aromatic rings. The third-order valence-electron chi connectivity index (χ3n) is 6.50. The maximum Gasteiger partial charge on any atom is 0.254 e. The van der Waals surface area contributed by atoms with Gasteiger partial charge in [0.1, 0.15) is 11.9 Å². The maximum absolute atomic E-state index is 13.2. The van der Waals surface area contributed by atoms with Crippen molar-refractivity contribution in [2.24, 2.45) is 10.8 Å².